The van der Waals surface area contributed by atoms with E-state index in [0.717, 1.165) is 6.42 Å². The van der Waals surface area contributed by atoms with Crippen LogP contribution in [0, 0.1) is 5.21 Å². The average molecular weight is 159 g/mol. The van der Waals surface area contributed by atoms with Gasteiger partial charge in [0.15, 0.2) is 0 Å². The summed E-state index contributed by atoms with van der Waals surface area (Å²) in [5.74, 6) is 0. The maximum atomic E-state index is 11.0. The molecule has 0 saturated heterocycles. The van der Waals surface area contributed by atoms with Gasteiger partial charge in [-0.05, 0) is 6.92 Å². The molecule has 0 aliphatic heterocycles. The van der Waals surface area contributed by atoms with Gasteiger partial charge in [0.2, 0.25) is 0 Å². The van der Waals surface area contributed by atoms with Gasteiger partial charge < -0.3 is 14.6 Å². The molecule has 3 nitrogen and oxygen atoms in total. The molecule has 0 spiro atoms. The number of quaternary nitrogens is 1. The highest BCUT2D eigenvalue weighted by molar-refractivity contribution is 4.64. The quantitative estimate of drug-likeness (QED) is 0.263. The molecule has 0 radical (unpaired) electrons. The lowest BCUT2D eigenvalue weighted by molar-refractivity contribution is -0.840. The largest absolute Gasteiger partial charge is 0.633 e. The van der Waals surface area contributed by atoms with Crippen LogP contribution in [-0.4, -0.2) is 31.9 Å². The minimum atomic E-state index is -0.237. The number of ether oxygens (including phenoxy) is 1. The van der Waals surface area contributed by atoms with Crippen molar-refractivity contribution in [2.24, 2.45) is 0 Å². The Morgan fingerprint density at radius 1 is 1.45 bits per heavy atom. The lowest BCUT2D eigenvalue weighted by Crippen LogP contribution is -2.33. The van der Waals surface area contributed by atoms with Crippen LogP contribution in [0.1, 0.15) is 13.3 Å². The molecule has 0 rings (SSSR count). The van der Waals surface area contributed by atoms with Gasteiger partial charge in [-0.1, -0.05) is 6.08 Å². The molecule has 66 valence electrons. The van der Waals surface area contributed by atoms with E-state index in [1.807, 2.05) is 13.0 Å². The lowest BCUT2D eigenvalue weighted by atomic mass is 10.4. The van der Waals surface area contributed by atoms with E-state index >= 15 is 0 Å². The van der Waals surface area contributed by atoms with Crippen molar-refractivity contribution in [3.63, 3.8) is 0 Å². The third-order valence-electron chi connectivity index (χ3n) is 1.19. The predicted molar refractivity (Wildman–Crippen MR) is 45.7 cm³/mol. The number of allylic oxidation sites excluding steroid dienone is 1. The van der Waals surface area contributed by atoms with E-state index in [1.165, 1.54) is 0 Å². The highest BCUT2D eigenvalue weighted by Crippen LogP contribution is 1.95. The Bertz CT molecular complexity index is 116. The van der Waals surface area contributed by atoms with Gasteiger partial charge in [0.05, 0.1) is 33.5 Å². The van der Waals surface area contributed by atoms with Gasteiger partial charge in [-0.15, -0.1) is 0 Å². The van der Waals surface area contributed by atoms with Crippen LogP contribution in [0.5, 0.6) is 0 Å². The van der Waals surface area contributed by atoms with E-state index in [-0.39, 0.29) is 4.65 Å². The summed E-state index contributed by atoms with van der Waals surface area (Å²) in [6, 6.07) is 0. The first-order valence-electron chi connectivity index (χ1n) is 3.83. The molecule has 0 aliphatic carbocycles. The molecule has 0 heterocycles. The fourth-order valence-electron chi connectivity index (χ4n) is 0.693. The molecule has 0 bridgehead atoms. The third kappa shape index (κ3) is 9.46. The predicted octanol–water partition coefficient (Wildman–Crippen LogP) is 1.50. The lowest BCUT2D eigenvalue weighted by Gasteiger charge is -2.33. The summed E-state index contributed by atoms with van der Waals surface area (Å²) in [6.45, 7) is 3.14. The Labute approximate surface area is 68.4 Å². The van der Waals surface area contributed by atoms with Crippen LogP contribution in [-0.2, 0) is 4.74 Å². The van der Waals surface area contributed by atoms with Crippen LogP contribution in [0.2, 0.25) is 0 Å². The topological polar surface area (TPSA) is 32.3 Å². The maximum absolute atomic E-state index is 11.0. The van der Waals surface area contributed by atoms with Crippen LogP contribution < -0.4 is 0 Å². The molecule has 0 unspecified atom stereocenters. The Kier molecular flexibility index (Phi) is 4.90. The Morgan fingerprint density at radius 2 is 2.09 bits per heavy atom. The molecule has 0 amide bonds. The molecule has 0 fully saturated rings. The van der Waals surface area contributed by atoms with Crippen LogP contribution in [0.4, 0.5) is 0 Å². The molecule has 0 saturated carbocycles. The first-order chi connectivity index (χ1) is 5.06. The molecular weight excluding hydrogens is 142 g/mol. The summed E-state index contributed by atoms with van der Waals surface area (Å²) in [6.07, 6.45) is 4.28. The van der Waals surface area contributed by atoms with Gasteiger partial charge in [0, 0.05) is 6.42 Å². The molecule has 11 heavy (non-hydrogen) atoms. The minimum absolute atomic E-state index is 0.237. The zero-order valence-electron chi connectivity index (χ0n) is 7.54. The van der Waals surface area contributed by atoms with E-state index in [4.69, 9.17) is 4.74 Å². The normalized spacial score (nSPS) is 12.4. The van der Waals surface area contributed by atoms with E-state index in [9.17, 15) is 5.21 Å². The summed E-state index contributed by atoms with van der Waals surface area (Å²) in [5, 5.41) is 11.0. The van der Waals surface area contributed by atoms with Gasteiger partial charge in [-0.2, -0.15) is 0 Å². The van der Waals surface area contributed by atoms with Crippen molar-refractivity contribution in [1.29, 1.82) is 0 Å². The first kappa shape index (κ1) is 10.5. The highest BCUT2D eigenvalue weighted by atomic mass is 16.5. The summed E-state index contributed by atoms with van der Waals surface area (Å²) in [4.78, 5) is 0. The molecule has 0 aromatic rings. The second kappa shape index (κ2) is 5.16. The summed E-state index contributed by atoms with van der Waals surface area (Å²) in [5.41, 5.74) is 0. The second-order valence-electron chi connectivity index (χ2n) is 2.99. The zero-order valence-corrected chi connectivity index (χ0v) is 7.54. The second-order valence-corrected chi connectivity index (χ2v) is 2.99. The summed E-state index contributed by atoms with van der Waals surface area (Å²) in [7, 11) is 3.27. The van der Waals surface area contributed by atoms with Crippen molar-refractivity contribution in [2.45, 2.75) is 13.3 Å². The van der Waals surface area contributed by atoms with E-state index < -0.39 is 0 Å². The molecular formula is C8H17NO2. The SMILES string of the molecule is CC=COCCC[N+](C)(C)[O-]. The van der Waals surface area contributed by atoms with Crippen molar-refractivity contribution in [3.05, 3.63) is 17.5 Å². The summed E-state index contributed by atoms with van der Waals surface area (Å²) < 4.78 is 4.81. The average Bonchev–Trinajstić information content (AvgIpc) is 1.85. The molecule has 3 heteroatoms. The van der Waals surface area contributed by atoms with E-state index in [0.29, 0.717) is 13.2 Å². The zero-order chi connectivity index (χ0) is 8.74. The van der Waals surface area contributed by atoms with Crippen LogP contribution in [0.25, 0.3) is 0 Å². The summed E-state index contributed by atoms with van der Waals surface area (Å²) >= 11 is 0. The van der Waals surface area contributed by atoms with Crippen molar-refractivity contribution in [3.8, 4) is 0 Å². The number of hydrogen-bond donors (Lipinski definition) is 0. The van der Waals surface area contributed by atoms with Crippen LogP contribution in [0.3, 0.4) is 0 Å². The molecule has 0 atom stereocenters. The number of nitrogens with zero attached hydrogens (tertiary/aromatic N) is 1. The van der Waals surface area contributed by atoms with Crippen LogP contribution >= 0.6 is 0 Å². The van der Waals surface area contributed by atoms with Crippen molar-refractivity contribution < 1.29 is 9.38 Å². The number of hydroxylamine groups is 3. The fraction of sp³-hybridized carbons (Fsp3) is 0.750. The molecule has 0 aromatic carbocycles. The smallest absolute Gasteiger partial charge is 0.0926 e. The Morgan fingerprint density at radius 3 is 2.55 bits per heavy atom. The standard InChI is InChI=1S/C8H17NO2/c1-4-7-11-8-5-6-9(2,3)10/h4,7H,5-6,8H2,1-3H3. The van der Waals surface area contributed by atoms with Crippen molar-refractivity contribution >= 4 is 0 Å². The maximum Gasteiger partial charge on any atom is 0.0926 e. The number of hydrogen-bond acceptors (Lipinski definition) is 2. The molecule has 0 aromatic heterocycles. The first-order valence-corrected chi connectivity index (χ1v) is 3.83. The van der Waals surface area contributed by atoms with E-state index in [2.05, 4.69) is 0 Å². The Hall–Kier alpha value is -0.540. The molecule has 0 aliphatic rings. The van der Waals surface area contributed by atoms with Crippen molar-refractivity contribution in [2.75, 3.05) is 27.2 Å². The number of rotatable bonds is 5. The third-order valence-corrected chi connectivity index (χ3v) is 1.19. The van der Waals surface area contributed by atoms with E-state index in [1.54, 1.807) is 20.4 Å². The molecule has 0 N–H and O–H groups in total. The fourth-order valence-corrected chi connectivity index (χ4v) is 0.693. The van der Waals surface area contributed by atoms with Gasteiger partial charge in [0.1, 0.15) is 0 Å². The van der Waals surface area contributed by atoms with Gasteiger partial charge >= 0.3 is 0 Å². The van der Waals surface area contributed by atoms with Gasteiger partial charge in [-0.25, -0.2) is 0 Å². The van der Waals surface area contributed by atoms with Crippen LogP contribution in [0.15, 0.2) is 12.3 Å². The highest BCUT2D eigenvalue weighted by Gasteiger charge is 1.99. The Balaban J connectivity index is 3.15. The van der Waals surface area contributed by atoms with Gasteiger partial charge in [0.25, 0.3) is 0 Å². The van der Waals surface area contributed by atoms with Crippen molar-refractivity contribution in [1.82, 2.24) is 0 Å². The monoisotopic (exact) mass is 159 g/mol. The minimum Gasteiger partial charge on any atom is -0.633 e. The van der Waals surface area contributed by atoms with Gasteiger partial charge in [-0.3, -0.25) is 0 Å².